The summed E-state index contributed by atoms with van der Waals surface area (Å²) in [7, 11) is 1.76. The summed E-state index contributed by atoms with van der Waals surface area (Å²) < 4.78 is 0. The zero-order valence-electron chi connectivity index (χ0n) is 17.1. The highest BCUT2D eigenvalue weighted by atomic mass is 127. The van der Waals surface area contributed by atoms with Gasteiger partial charge in [-0.05, 0) is 18.4 Å². The van der Waals surface area contributed by atoms with Crippen molar-refractivity contribution in [1.29, 1.82) is 0 Å². The van der Waals surface area contributed by atoms with E-state index in [4.69, 9.17) is 0 Å². The molecule has 1 fully saturated rings. The molecule has 1 aliphatic heterocycles. The number of rotatable bonds is 8. The van der Waals surface area contributed by atoms with Crippen molar-refractivity contribution in [1.82, 2.24) is 20.5 Å². The fraction of sp³-hybridized carbons (Fsp3) is 0.476. The minimum absolute atomic E-state index is 0. The van der Waals surface area contributed by atoms with E-state index >= 15 is 0 Å². The van der Waals surface area contributed by atoms with Crippen LogP contribution in [0, 0.1) is 5.92 Å². The van der Waals surface area contributed by atoms with Crippen LogP contribution < -0.4 is 10.6 Å². The van der Waals surface area contributed by atoms with Gasteiger partial charge < -0.3 is 15.5 Å². The lowest BCUT2D eigenvalue weighted by atomic mass is 10.1. The number of carbonyl (C=O) groups is 1. The van der Waals surface area contributed by atoms with Crippen LogP contribution in [0.5, 0.6) is 0 Å². The molecule has 2 N–H and O–H groups in total. The average Bonchev–Trinajstić information content (AvgIpc) is 3.33. The number of nitrogens with one attached hydrogen (secondary N) is 2. The standard InChI is InChI=1S/C21H29N5OS.HI/c1-3-18-13-23-19(28-18)14-25-21(22-2)24-12-17-11-20(27)26(15-17)10-9-16-7-5-4-6-8-16;/h4-8,13,17H,3,9-12,14-15H2,1-2H3,(H2,22,24,25);1H. The number of benzene rings is 1. The number of halogens is 1. The van der Waals surface area contributed by atoms with Gasteiger partial charge in [0.05, 0.1) is 6.54 Å². The number of hydrogen-bond donors (Lipinski definition) is 2. The Morgan fingerprint density at radius 3 is 2.79 bits per heavy atom. The molecule has 29 heavy (non-hydrogen) atoms. The summed E-state index contributed by atoms with van der Waals surface area (Å²) >= 11 is 1.73. The number of amides is 1. The first-order valence-electron chi connectivity index (χ1n) is 9.87. The van der Waals surface area contributed by atoms with Crippen molar-refractivity contribution < 1.29 is 4.79 Å². The highest BCUT2D eigenvalue weighted by Crippen LogP contribution is 2.18. The number of guanidine groups is 1. The molecule has 1 aromatic heterocycles. The minimum atomic E-state index is 0. The number of aliphatic imine (C=N–C) groups is 1. The molecule has 0 bridgehead atoms. The van der Waals surface area contributed by atoms with Gasteiger partial charge in [0.2, 0.25) is 5.91 Å². The monoisotopic (exact) mass is 527 g/mol. The lowest BCUT2D eigenvalue weighted by molar-refractivity contribution is -0.127. The van der Waals surface area contributed by atoms with E-state index < -0.39 is 0 Å². The number of likely N-dealkylation sites (tertiary alicyclic amines) is 1. The van der Waals surface area contributed by atoms with Crippen molar-refractivity contribution in [3.05, 3.63) is 52.0 Å². The van der Waals surface area contributed by atoms with Crippen molar-refractivity contribution in [3.63, 3.8) is 0 Å². The third kappa shape index (κ3) is 7.26. The van der Waals surface area contributed by atoms with E-state index in [0.29, 0.717) is 18.9 Å². The van der Waals surface area contributed by atoms with Crippen molar-refractivity contribution in [2.45, 2.75) is 32.7 Å². The minimum Gasteiger partial charge on any atom is -0.356 e. The third-order valence-electron chi connectivity index (χ3n) is 4.95. The smallest absolute Gasteiger partial charge is 0.223 e. The van der Waals surface area contributed by atoms with E-state index in [1.807, 2.05) is 29.3 Å². The second kappa shape index (κ2) is 12.1. The van der Waals surface area contributed by atoms with E-state index in [2.05, 4.69) is 39.7 Å². The van der Waals surface area contributed by atoms with E-state index in [1.54, 1.807) is 18.4 Å². The van der Waals surface area contributed by atoms with Crippen molar-refractivity contribution in [3.8, 4) is 0 Å². The molecule has 0 aliphatic carbocycles. The second-order valence-corrected chi connectivity index (χ2v) is 8.23. The Bertz CT molecular complexity index is 795. The molecule has 158 valence electrons. The van der Waals surface area contributed by atoms with Crippen LogP contribution >= 0.6 is 35.3 Å². The van der Waals surface area contributed by atoms with Crippen LogP contribution in [0.25, 0.3) is 0 Å². The third-order valence-corrected chi connectivity index (χ3v) is 6.09. The van der Waals surface area contributed by atoms with Crippen molar-refractivity contribution in [2.75, 3.05) is 26.7 Å². The summed E-state index contributed by atoms with van der Waals surface area (Å²) in [6.45, 7) is 5.14. The van der Waals surface area contributed by atoms with Crippen molar-refractivity contribution in [2.24, 2.45) is 10.9 Å². The van der Waals surface area contributed by atoms with Gasteiger partial charge in [0.1, 0.15) is 5.01 Å². The zero-order valence-corrected chi connectivity index (χ0v) is 20.2. The Morgan fingerprint density at radius 2 is 2.10 bits per heavy atom. The van der Waals surface area contributed by atoms with Gasteiger partial charge >= 0.3 is 0 Å². The Hall–Kier alpha value is -1.68. The normalized spacial score (nSPS) is 16.6. The summed E-state index contributed by atoms with van der Waals surface area (Å²) in [4.78, 5) is 24.3. The number of hydrogen-bond acceptors (Lipinski definition) is 4. The topological polar surface area (TPSA) is 69.6 Å². The van der Waals surface area contributed by atoms with Gasteiger partial charge in [0.25, 0.3) is 0 Å². The number of nitrogens with zero attached hydrogens (tertiary/aromatic N) is 3. The predicted octanol–water partition coefficient (Wildman–Crippen LogP) is 3.08. The van der Waals surface area contributed by atoms with Gasteiger partial charge in [-0.15, -0.1) is 35.3 Å². The number of carbonyl (C=O) groups excluding carboxylic acids is 1. The first-order valence-corrected chi connectivity index (χ1v) is 10.7. The maximum absolute atomic E-state index is 12.3. The maximum Gasteiger partial charge on any atom is 0.223 e. The lowest BCUT2D eigenvalue weighted by Crippen LogP contribution is -2.40. The van der Waals surface area contributed by atoms with Crippen molar-refractivity contribution >= 4 is 47.2 Å². The summed E-state index contributed by atoms with van der Waals surface area (Å²) in [6, 6.07) is 10.3. The van der Waals surface area contributed by atoms with Crippen LogP contribution in [-0.2, 0) is 24.2 Å². The molecule has 0 radical (unpaired) electrons. The van der Waals surface area contributed by atoms with Gasteiger partial charge in [0, 0.05) is 50.1 Å². The Labute approximate surface area is 194 Å². The van der Waals surface area contributed by atoms with E-state index in [0.717, 1.165) is 43.4 Å². The van der Waals surface area contributed by atoms with Gasteiger partial charge in [-0.25, -0.2) is 4.98 Å². The molecule has 1 amide bonds. The predicted molar refractivity (Wildman–Crippen MR) is 130 cm³/mol. The Balaban J connectivity index is 0.00000300. The molecule has 0 spiro atoms. The molecule has 0 saturated carbocycles. The number of aryl methyl sites for hydroxylation is 1. The van der Waals surface area contributed by atoms with Gasteiger partial charge in [-0.1, -0.05) is 37.3 Å². The second-order valence-electron chi connectivity index (χ2n) is 7.03. The summed E-state index contributed by atoms with van der Waals surface area (Å²) in [6.07, 6.45) is 4.46. The van der Waals surface area contributed by atoms with Crippen LogP contribution in [0.15, 0.2) is 41.5 Å². The molecule has 2 aromatic rings. The Morgan fingerprint density at radius 1 is 1.31 bits per heavy atom. The molecule has 2 heterocycles. The zero-order chi connectivity index (χ0) is 19.8. The molecular weight excluding hydrogens is 497 g/mol. The molecule has 3 rings (SSSR count). The fourth-order valence-electron chi connectivity index (χ4n) is 3.33. The van der Waals surface area contributed by atoms with Crippen LogP contribution in [0.3, 0.4) is 0 Å². The lowest BCUT2D eigenvalue weighted by Gasteiger charge is -2.17. The summed E-state index contributed by atoms with van der Waals surface area (Å²) in [5.41, 5.74) is 1.27. The maximum atomic E-state index is 12.3. The highest BCUT2D eigenvalue weighted by molar-refractivity contribution is 14.0. The fourth-order valence-corrected chi connectivity index (χ4v) is 4.13. The molecule has 1 aromatic carbocycles. The van der Waals surface area contributed by atoms with E-state index in [1.165, 1.54) is 10.4 Å². The summed E-state index contributed by atoms with van der Waals surface area (Å²) in [5.74, 6) is 1.32. The quantitative estimate of drug-likeness (QED) is 0.315. The molecule has 1 atom stereocenters. The molecule has 1 saturated heterocycles. The van der Waals surface area contributed by atoms with Gasteiger partial charge in [-0.3, -0.25) is 9.79 Å². The Kier molecular flexibility index (Phi) is 9.86. The molecule has 1 unspecified atom stereocenters. The molecule has 1 aliphatic rings. The molecule has 6 nitrogen and oxygen atoms in total. The van der Waals surface area contributed by atoms with Crippen LogP contribution in [-0.4, -0.2) is 48.4 Å². The molecule has 8 heteroatoms. The number of thiazole rings is 1. The molecular formula is C21H30IN5OS. The van der Waals surface area contributed by atoms with E-state index in [-0.39, 0.29) is 29.9 Å². The van der Waals surface area contributed by atoms with Crippen LogP contribution in [0.2, 0.25) is 0 Å². The van der Waals surface area contributed by atoms with Crippen LogP contribution in [0.4, 0.5) is 0 Å². The first-order chi connectivity index (χ1) is 13.7. The van der Waals surface area contributed by atoms with Gasteiger partial charge in [-0.2, -0.15) is 0 Å². The van der Waals surface area contributed by atoms with E-state index in [9.17, 15) is 4.79 Å². The summed E-state index contributed by atoms with van der Waals surface area (Å²) in [5, 5.41) is 7.72. The van der Waals surface area contributed by atoms with Crippen LogP contribution in [0.1, 0.15) is 28.8 Å². The number of aromatic nitrogens is 1. The highest BCUT2D eigenvalue weighted by Gasteiger charge is 2.29. The van der Waals surface area contributed by atoms with Gasteiger partial charge in [0.15, 0.2) is 5.96 Å². The first kappa shape index (κ1) is 23.6. The SMILES string of the molecule is CCc1cnc(CNC(=NC)NCC2CC(=O)N(CCc3ccccc3)C2)s1.I. The largest absolute Gasteiger partial charge is 0.356 e. The average molecular weight is 527 g/mol.